The lowest BCUT2D eigenvalue weighted by atomic mass is 10.1. The lowest BCUT2D eigenvalue weighted by molar-refractivity contribution is -0.132. The summed E-state index contributed by atoms with van der Waals surface area (Å²) in [7, 11) is 0. The van der Waals surface area contributed by atoms with Crippen molar-refractivity contribution in [1.29, 1.82) is 0 Å². The topological polar surface area (TPSA) is 46.1 Å². The van der Waals surface area contributed by atoms with Crippen LogP contribution in [0.4, 0.5) is 0 Å². The number of hydrogen-bond donors (Lipinski definition) is 0. The number of aryl methyl sites for hydroxylation is 2. The van der Waals surface area contributed by atoms with Crippen LogP contribution < -0.4 is 0 Å². The molecule has 0 saturated carbocycles. The average molecular weight is 301 g/mol. The molecule has 2 aromatic heterocycles. The number of aromatic nitrogens is 2. The van der Waals surface area contributed by atoms with Gasteiger partial charge in [0, 0.05) is 24.0 Å². The third kappa shape index (κ3) is 3.13. The highest BCUT2D eigenvalue weighted by molar-refractivity contribution is 7.09. The van der Waals surface area contributed by atoms with E-state index < -0.39 is 0 Å². The molecule has 0 radical (unpaired) electrons. The first-order valence-corrected chi connectivity index (χ1v) is 8.23. The Balaban J connectivity index is 1.65. The Morgan fingerprint density at radius 1 is 1.43 bits per heavy atom. The SMILES string of the molecule is Cc1ncsc1CCC(=O)N1CCC[C@@H]1c1ccccn1. The van der Waals surface area contributed by atoms with Crippen molar-refractivity contribution in [2.75, 3.05) is 6.54 Å². The van der Waals surface area contributed by atoms with Crippen molar-refractivity contribution in [2.24, 2.45) is 0 Å². The number of hydrogen-bond acceptors (Lipinski definition) is 4. The maximum Gasteiger partial charge on any atom is 0.223 e. The number of carbonyl (C=O) groups excluding carboxylic acids is 1. The van der Waals surface area contributed by atoms with Gasteiger partial charge in [0.2, 0.25) is 5.91 Å². The molecular formula is C16H19N3OS. The summed E-state index contributed by atoms with van der Waals surface area (Å²) in [6, 6.07) is 6.08. The van der Waals surface area contributed by atoms with Crippen LogP contribution in [0.25, 0.3) is 0 Å². The summed E-state index contributed by atoms with van der Waals surface area (Å²) >= 11 is 1.64. The molecule has 1 aliphatic heterocycles. The maximum absolute atomic E-state index is 12.5. The Morgan fingerprint density at radius 3 is 3.05 bits per heavy atom. The van der Waals surface area contributed by atoms with Gasteiger partial charge in [-0.15, -0.1) is 11.3 Å². The Labute approximate surface area is 128 Å². The van der Waals surface area contributed by atoms with Crippen molar-refractivity contribution in [1.82, 2.24) is 14.9 Å². The fourth-order valence-electron chi connectivity index (χ4n) is 2.88. The third-order valence-corrected chi connectivity index (χ3v) is 5.01. The predicted octanol–water partition coefficient (Wildman–Crippen LogP) is 3.14. The zero-order valence-electron chi connectivity index (χ0n) is 12.2. The summed E-state index contributed by atoms with van der Waals surface area (Å²) in [6.07, 6.45) is 5.24. The minimum Gasteiger partial charge on any atom is -0.334 e. The number of nitrogens with zero attached hydrogens (tertiary/aromatic N) is 3. The fourth-order valence-corrected chi connectivity index (χ4v) is 3.66. The molecule has 0 aliphatic carbocycles. The largest absolute Gasteiger partial charge is 0.334 e. The molecule has 0 N–H and O–H groups in total. The van der Waals surface area contributed by atoms with Crippen molar-refractivity contribution >= 4 is 17.2 Å². The lowest BCUT2D eigenvalue weighted by Gasteiger charge is -2.24. The molecule has 1 fully saturated rings. The minimum absolute atomic E-state index is 0.154. The lowest BCUT2D eigenvalue weighted by Crippen LogP contribution is -2.31. The molecule has 0 bridgehead atoms. The van der Waals surface area contributed by atoms with Crippen molar-refractivity contribution in [3.05, 3.63) is 46.2 Å². The van der Waals surface area contributed by atoms with E-state index >= 15 is 0 Å². The summed E-state index contributed by atoms with van der Waals surface area (Å²) in [5.41, 5.74) is 3.91. The zero-order valence-corrected chi connectivity index (χ0v) is 13.0. The summed E-state index contributed by atoms with van der Waals surface area (Å²) in [4.78, 5) is 24.4. The molecule has 2 aromatic rings. The Kier molecular flexibility index (Phi) is 4.29. The molecular weight excluding hydrogens is 282 g/mol. The molecule has 1 amide bonds. The molecule has 5 heteroatoms. The summed E-state index contributed by atoms with van der Waals surface area (Å²) in [6.45, 7) is 2.85. The van der Waals surface area contributed by atoms with Crippen molar-refractivity contribution in [2.45, 2.75) is 38.6 Å². The third-order valence-electron chi connectivity index (χ3n) is 4.01. The van der Waals surface area contributed by atoms with Crippen LogP contribution in [0.1, 0.15) is 41.6 Å². The van der Waals surface area contributed by atoms with Crippen molar-refractivity contribution in [3.63, 3.8) is 0 Å². The van der Waals surface area contributed by atoms with Gasteiger partial charge in [-0.2, -0.15) is 0 Å². The van der Waals surface area contributed by atoms with Crippen LogP contribution in [0.15, 0.2) is 29.9 Å². The van der Waals surface area contributed by atoms with E-state index in [4.69, 9.17) is 0 Å². The molecule has 3 heterocycles. The average Bonchev–Trinajstić information content (AvgIpc) is 3.15. The number of likely N-dealkylation sites (tertiary alicyclic amines) is 1. The number of pyridine rings is 1. The van der Waals surface area contributed by atoms with Crippen molar-refractivity contribution in [3.8, 4) is 0 Å². The minimum atomic E-state index is 0.154. The van der Waals surface area contributed by atoms with E-state index in [1.54, 1.807) is 17.5 Å². The zero-order chi connectivity index (χ0) is 14.7. The second-order valence-electron chi connectivity index (χ2n) is 5.36. The quantitative estimate of drug-likeness (QED) is 0.871. The Hall–Kier alpha value is -1.75. The van der Waals surface area contributed by atoms with E-state index in [-0.39, 0.29) is 11.9 Å². The number of rotatable bonds is 4. The van der Waals surface area contributed by atoms with Gasteiger partial charge in [0.05, 0.1) is 22.9 Å². The predicted molar refractivity (Wildman–Crippen MR) is 83.1 cm³/mol. The van der Waals surface area contributed by atoms with Crippen LogP contribution in [0.5, 0.6) is 0 Å². The first-order valence-electron chi connectivity index (χ1n) is 7.35. The number of amides is 1. The van der Waals surface area contributed by atoms with Crippen LogP contribution in [0.2, 0.25) is 0 Å². The molecule has 0 unspecified atom stereocenters. The fraction of sp³-hybridized carbons (Fsp3) is 0.438. The Morgan fingerprint density at radius 2 is 2.33 bits per heavy atom. The maximum atomic E-state index is 12.5. The van der Waals surface area contributed by atoms with E-state index in [9.17, 15) is 4.79 Å². The monoisotopic (exact) mass is 301 g/mol. The van der Waals surface area contributed by atoms with Crippen molar-refractivity contribution < 1.29 is 4.79 Å². The molecule has 3 rings (SSSR count). The molecule has 21 heavy (non-hydrogen) atoms. The van der Waals surface area contributed by atoms with Crippen LogP contribution in [0.3, 0.4) is 0 Å². The van der Waals surface area contributed by atoms with Gasteiger partial charge in [0.15, 0.2) is 0 Å². The van der Waals surface area contributed by atoms with Gasteiger partial charge in [-0.25, -0.2) is 4.98 Å². The van der Waals surface area contributed by atoms with Gasteiger partial charge in [0.1, 0.15) is 0 Å². The smallest absolute Gasteiger partial charge is 0.223 e. The summed E-state index contributed by atoms with van der Waals surface area (Å²) in [5, 5.41) is 0. The molecule has 110 valence electrons. The van der Waals surface area contributed by atoms with Gasteiger partial charge in [-0.3, -0.25) is 9.78 Å². The highest BCUT2D eigenvalue weighted by Crippen LogP contribution is 2.31. The molecule has 1 atom stereocenters. The highest BCUT2D eigenvalue weighted by atomic mass is 32.1. The second-order valence-corrected chi connectivity index (χ2v) is 6.30. The van der Waals surface area contributed by atoms with Crippen LogP contribution in [0, 0.1) is 6.92 Å². The molecule has 0 aromatic carbocycles. The number of carbonyl (C=O) groups is 1. The van der Waals surface area contributed by atoms with E-state index in [0.717, 1.165) is 37.2 Å². The first kappa shape index (κ1) is 14.2. The van der Waals surface area contributed by atoms with E-state index in [2.05, 4.69) is 9.97 Å². The van der Waals surface area contributed by atoms with Crippen LogP contribution in [-0.2, 0) is 11.2 Å². The van der Waals surface area contributed by atoms with Gasteiger partial charge in [-0.05, 0) is 38.3 Å². The summed E-state index contributed by atoms with van der Waals surface area (Å²) < 4.78 is 0. The second kappa shape index (κ2) is 6.35. The number of thiazole rings is 1. The van der Waals surface area contributed by atoms with Gasteiger partial charge < -0.3 is 4.90 Å². The standard InChI is InChI=1S/C16H19N3OS/c1-12-15(21-11-18-12)7-8-16(20)19-10-4-6-14(19)13-5-2-3-9-17-13/h2-3,5,9,11,14H,4,6-8,10H2,1H3/t14-/m1/s1. The summed E-state index contributed by atoms with van der Waals surface area (Å²) in [5.74, 6) is 0.232. The highest BCUT2D eigenvalue weighted by Gasteiger charge is 2.30. The van der Waals surface area contributed by atoms with E-state index in [1.807, 2.05) is 35.5 Å². The van der Waals surface area contributed by atoms with Gasteiger partial charge >= 0.3 is 0 Å². The molecule has 1 saturated heterocycles. The molecule has 4 nitrogen and oxygen atoms in total. The van der Waals surface area contributed by atoms with Gasteiger partial charge in [-0.1, -0.05) is 6.07 Å². The van der Waals surface area contributed by atoms with Crippen LogP contribution in [-0.4, -0.2) is 27.3 Å². The van der Waals surface area contributed by atoms with E-state index in [1.165, 1.54) is 4.88 Å². The van der Waals surface area contributed by atoms with E-state index in [0.29, 0.717) is 6.42 Å². The molecule has 1 aliphatic rings. The van der Waals surface area contributed by atoms with Gasteiger partial charge in [0.25, 0.3) is 0 Å². The van der Waals surface area contributed by atoms with Crippen LogP contribution >= 0.6 is 11.3 Å². The first-order chi connectivity index (χ1) is 10.3. The Bertz CT molecular complexity index is 611. The molecule has 0 spiro atoms. The normalized spacial score (nSPS) is 18.1.